The minimum absolute atomic E-state index is 0.139. The molecule has 0 saturated heterocycles. The quantitative estimate of drug-likeness (QED) is 0.349. The van der Waals surface area contributed by atoms with Crippen LogP contribution < -0.4 is 5.32 Å². The van der Waals surface area contributed by atoms with E-state index in [1.165, 1.54) is 34.4 Å². The van der Waals surface area contributed by atoms with Crippen molar-refractivity contribution in [3.05, 3.63) is 101 Å². The Balaban J connectivity index is 1.38. The predicted molar refractivity (Wildman–Crippen MR) is 142 cm³/mol. The number of imidazole rings is 1. The first kappa shape index (κ1) is 23.8. The molecule has 184 valence electrons. The molecule has 4 aromatic rings. The Morgan fingerprint density at radius 1 is 0.944 bits per heavy atom. The highest BCUT2D eigenvalue weighted by molar-refractivity contribution is 5.78. The summed E-state index contributed by atoms with van der Waals surface area (Å²) in [5, 5.41) is 3.53. The minimum atomic E-state index is -0.281. The van der Waals surface area contributed by atoms with Gasteiger partial charge in [-0.15, -0.1) is 0 Å². The van der Waals surface area contributed by atoms with Crippen LogP contribution in [0.25, 0.3) is 11.3 Å². The highest BCUT2D eigenvalue weighted by Crippen LogP contribution is 2.33. The van der Waals surface area contributed by atoms with Crippen molar-refractivity contribution in [3.63, 3.8) is 0 Å². The zero-order valence-electron chi connectivity index (χ0n) is 21.0. The molecule has 1 amide bonds. The first-order valence-electron chi connectivity index (χ1n) is 12.4. The number of aryl methyl sites for hydroxylation is 4. The van der Waals surface area contributed by atoms with Gasteiger partial charge in [-0.3, -0.25) is 4.79 Å². The summed E-state index contributed by atoms with van der Waals surface area (Å²) >= 11 is 0. The number of carbonyl (C=O) groups is 1. The third-order valence-corrected chi connectivity index (χ3v) is 6.86. The van der Waals surface area contributed by atoms with Gasteiger partial charge in [-0.2, -0.15) is 0 Å². The Labute approximate surface area is 211 Å². The van der Waals surface area contributed by atoms with E-state index in [1.54, 1.807) is 12.1 Å². The Bertz CT molecular complexity index is 1390. The Kier molecular flexibility index (Phi) is 6.59. The molecule has 0 saturated carbocycles. The van der Waals surface area contributed by atoms with Crippen LogP contribution in [0, 0.1) is 26.6 Å². The van der Waals surface area contributed by atoms with E-state index in [1.807, 2.05) is 17.0 Å². The van der Waals surface area contributed by atoms with Gasteiger partial charge < -0.3 is 14.8 Å². The standard InChI is InChI=1S/C30H31FN4O/c1-20-5-13-26(14-6-20)32-30-29(24-8-11-25(31)12-9-24)33-27-19-34(16-17-35(27)30)28(36)15-10-23-7-4-21(2)18-22(23)3/h4-9,11-14,18,32H,10,15-17,19H2,1-3H3. The topological polar surface area (TPSA) is 50.2 Å². The Morgan fingerprint density at radius 2 is 1.67 bits per heavy atom. The maximum atomic E-state index is 13.6. The first-order chi connectivity index (χ1) is 17.4. The fraction of sp³-hybridized carbons (Fsp3) is 0.267. The maximum Gasteiger partial charge on any atom is 0.223 e. The average molecular weight is 483 g/mol. The molecule has 6 heteroatoms. The fourth-order valence-electron chi connectivity index (χ4n) is 4.78. The zero-order valence-corrected chi connectivity index (χ0v) is 21.0. The molecule has 3 aromatic carbocycles. The number of aromatic nitrogens is 2. The summed E-state index contributed by atoms with van der Waals surface area (Å²) in [4.78, 5) is 19.9. The van der Waals surface area contributed by atoms with Crippen molar-refractivity contribution in [2.24, 2.45) is 0 Å². The van der Waals surface area contributed by atoms with Crippen molar-refractivity contribution in [1.29, 1.82) is 0 Å². The lowest BCUT2D eigenvalue weighted by molar-refractivity contribution is -0.132. The van der Waals surface area contributed by atoms with Crippen molar-refractivity contribution < 1.29 is 9.18 Å². The molecule has 1 aliphatic rings. The molecule has 1 aromatic heterocycles. The molecule has 5 rings (SSSR count). The van der Waals surface area contributed by atoms with Crippen molar-refractivity contribution in [1.82, 2.24) is 14.5 Å². The molecule has 5 nitrogen and oxygen atoms in total. The Hall–Kier alpha value is -3.93. The predicted octanol–water partition coefficient (Wildman–Crippen LogP) is 6.33. The lowest BCUT2D eigenvalue weighted by atomic mass is 10.0. The van der Waals surface area contributed by atoms with Crippen LogP contribution in [0.5, 0.6) is 0 Å². The van der Waals surface area contributed by atoms with E-state index in [-0.39, 0.29) is 11.7 Å². The first-order valence-corrected chi connectivity index (χ1v) is 12.4. The number of amides is 1. The second-order valence-corrected chi connectivity index (χ2v) is 9.62. The number of anilines is 2. The Morgan fingerprint density at radius 3 is 2.39 bits per heavy atom. The number of carbonyl (C=O) groups excluding carboxylic acids is 1. The van der Waals surface area contributed by atoms with E-state index >= 15 is 0 Å². The van der Waals surface area contributed by atoms with Gasteiger partial charge in [-0.1, -0.05) is 41.5 Å². The van der Waals surface area contributed by atoms with Gasteiger partial charge in [0.15, 0.2) is 0 Å². The normalized spacial score (nSPS) is 12.9. The molecule has 0 atom stereocenters. The summed E-state index contributed by atoms with van der Waals surface area (Å²) in [7, 11) is 0. The number of hydrogen-bond donors (Lipinski definition) is 1. The van der Waals surface area contributed by atoms with Gasteiger partial charge in [0.25, 0.3) is 0 Å². The van der Waals surface area contributed by atoms with Crippen molar-refractivity contribution >= 4 is 17.4 Å². The minimum Gasteiger partial charge on any atom is -0.340 e. The highest BCUT2D eigenvalue weighted by Gasteiger charge is 2.27. The van der Waals surface area contributed by atoms with Gasteiger partial charge in [0.05, 0.1) is 6.54 Å². The lowest BCUT2D eigenvalue weighted by Crippen LogP contribution is -2.38. The zero-order chi connectivity index (χ0) is 25.2. The van der Waals surface area contributed by atoms with Gasteiger partial charge in [0.1, 0.15) is 23.2 Å². The van der Waals surface area contributed by atoms with Gasteiger partial charge in [0, 0.05) is 30.8 Å². The molecule has 0 bridgehead atoms. The number of nitrogens with zero attached hydrogens (tertiary/aromatic N) is 3. The van der Waals surface area contributed by atoms with Crippen molar-refractivity contribution in [2.75, 3.05) is 11.9 Å². The molecule has 36 heavy (non-hydrogen) atoms. The molecule has 0 aliphatic carbocycles. The molecule has 1 aliphatic heterocycles. The van der Waals surface area contributed by atoms with Crippen LogP contribution in [0.3, 0.4) is 0 Å². The number of halogens is 1. The molecule has 0 radical (unpaired) electrons. The number of rotatable bonds is 6. The van der Waals surface area contributed by atoms with Gasteiger partial charge in [-0.05, 0) is 74.7 Å². The maximum absolute atomic E-state index is 13.6. The van der Waals surface area contributed by atoms with Crippen molar-refractivity contribution in [2.45, 2.75) is 46.7 Å². The summed E-state index contributed by atoms with van der Waals surface area (Å²) in [5.74, 6) is 1.55. The van der Waals surface area contributed by atoms with Gasteiger partial charge >= 0.3 is 0 Å². The van der Waals surface area contributed by atoms with Gasteiger partial charge in [0.2, 0.25) is 5.91 Å². The molecule has 0 spiro atoms. The van der Waals surface area contributed by atoms with Crippen LogP contribution in [-0.4, -0.2) is 26.9 Å². The monoisotopic (exact) mass is 482 g/mol. The molecule has 0 unspecified atom stereocenters. The SMILES string of the molecule is Cc1ccc(Nc2c(-c3ccc(F)cc3)nc3n2CCN(C(=O)CCc2ccc(C)cc2C)C3)cc1. The molecule has 0 fully saturated rings. The van der Waals surface area contributed by atoms with E-state index in [9.17, 15) is 9.18 Å². The second-order valence-electron chi connectivity index (χ2n) is 9.62. The third-order valence-electron chi connectivity index (χ3n) is 6.86. The lowest BCUT2D eigenvalue weighted by Gasteiger charge is -2.29. The van der Waals surface area contributed by atoms with E-state index in [2.05, 4.69) is 61.0 Å². The number of benzene rings is 3. The van der Waals surface area contributed by atoms with Crippen LogP contribution in [0.2, 0.25) is 0 Å². The average Bonchev–Trinajstić information content (AvgIpc) is 3.22. The number of hydrogen-bond acceptors (Lipinski definition) is 3. The van der Waals surface area contributed by atoms with Crippen molar-refractivity contribution in [3.8, 4) is 11.3 Å². The van der Waals surface area contributed by atoms with E-state index in [4.69, 9.17) is 4.98 Å². The summed E-state index contributed by atoms with van der Waals surface area (Å²) in [6, 6.07) is 21.0. The second kappa shape index (κ2) is 9.97. The smallest absolute Gasteiger partial charge is 0.223 e. The summed E-state index contributed by atoms with van der Waals surface area (Å²) in [5.41, 5.74) is 7.42. The van der Waals surface area contributed by atoms with E-state index < -0.39 is 0 Å². The van der Waals surface area contributed by atoms with E-state index in [0.717, 1.165) is 35.0 Å². The fourth-order valence-corrected chi connectivity index (χ4v) is 4.78. The largest absolute Gasteiger partial charge is 0.340 e. The van der Waals surface area contributed by atoms with Crippen LogP contribution in [0.15, 0.2) is 66.7 Å². The van der Waals surface area contributed by atoms with Crippen LogP contribution in [0.1, 0.15) is 34.5 Å². The van der Waals surface area contributed by atoms with Crippen LogP contribution in [-0.2, 0) is 24.3 Å². The summed E-state index contributed by atoms with van der Waals surface area (Å²) < 4.78 is 15.8. The number of fused-ring (bicyclic) bond motifs is 1. The summed E-state index contributed by atoms with van der Waals surface area (Å²) in [6.45, 7) is 7.97. The van der Waals surface area contributed by atoms with E-state index in [0.29, 0.717) is 26.1 Å². The van der Waals surface area contributed by atoms with Crippen LogP contribution in [0.4, 0.5) is 15.9 Å². The third kappa shape index (κ3) is 5.03. The van der Waals surface area contributed by atoms with Gasteiger partial charge in [-0.25, -0.2) is 9.37 Å². The molecule has 2 heterocycles. The highest BCUT2D eigenvalue weighted by atomic mass is 19.1. The molecular weight excluding hydrogens is 451 g/mol. The molecule has 1 N–H and O–H groups in total. The molecular formula is C30H31FN4O. The van der Waals surface area contributed by atoms with Crippen LogP contribution >= 0.6 is 0 Å². The summed E-state index contributed by atoms with van der Waals surface area (Å²) in [6.07, 6.45) is 1.21. The number of nitrogens with one attached hydrogen (secondary N) is 1.